The quantitative estimate of drug-likeness (QED) is 0.884. The first-order valence-corrected chi connectivity index (χ1v) is 6.51. The molecule has 2 N–H and O–H groups in total. The van der Waals surface area contributed by atoms with Gasteiger partial charge in [-0.2, -0.15) is 0 Å². The Morgan fingerprint density at radius 2 is 2.44 bits per heavy atom. The third-order valence-electron chi connectivity index (χ3n) is 2.70. The van der Waals surface area contributed by atoms with E-state index in [-0.39, 0.29) is 11.6 Å². The second kappa shape index (κ2) is 6.26. The van der Waals surface area contributed by atoms with E-state index in [2.05, 4.69) is 26.6 Å². The smallest absolute Gasteiger partial charge is 0.255 e. The molecule has 1 heterocycles. The molecule has 0 saturated carbocycles. The Morgan fingerprint density at radius 3 is 3.11 bits per heavy atom. The lowest BCUT2D eigenvalue weighted by Gasteiger charge is -2.24. The van der Waals surface area contributed by atoms with E-state index in [0.717, 1.165) is 6.54 Å². The van der Waals surface area contributed by atoms with Crippen LogP contribution in [0.25, 0.3) is 0 Å². The molecular weight excluding hydrogens is 303 g/mol. The molecule has 98 valence electrons. The van der Waals surface area contributed by atoms with Crippen molar-refractivity contribution in [2.45, 2.75) is 6.04 Å². The summed E-state index contributed by atoms with van der Waals surface area (Å²) < 4.78 is 19.3. The minimum absolute atomic E-state index is 0.0363. The summed E-state index contributed by atoms with van der Waals surface area (Å²) in [5, 5.41) is 5.91. The van der Waals surface area contributed by atoms with Crippen LogP contribution < -0.4 is 10.6 Å². The van der Waals surface area contributed by atoms with Crippen molar-refractivity contribution in [3.05, 3.63) is 34.1 Å². The number of nitrogens with one attached hydrogen (secondary N) is 2. The Kier molecular flexibility index (Phi) is 4.68. The van der Waals surface area contributed by atoms with Gasteiger partial charge in [-0.1, -0.05) is 6.07 Å². The third kappa shape index (κ3) is 3.28. The van der Waals surface area contributed by atoms with Gasteiger partial charge in [0.05, 0.1) is 18.8 Å². The van der Waals surface area contributed by atoms with Crippen LogP contribution in [0.15, 0.2) is 22.7 Å². The van der Waals surface area contributed by atoms with Crippen molar-refractivity contribution in [2.75, 3.05) is 26.3 Å². The average Bonchev–Trinajstić information content (AvgIpc) is 2.37. The maximum absolute atomic E-state index is 13.5. The molecule has 1 unspecified atom stereocenters. The normalized spacial score (nSPS) is 19.6. The van der Waals surface area contributed by atoms with Crippen LogP contribution in [0.4, 0.5) is 4.39 Å². The van der Waals surface area contributed by atoms with Crippen molar-refractivity contribution < 1.29 is 13.9 Å². The van der Waals surface area contributed by atoms with Crippen LogP contribution in [0, 0.1) is 5.82 Å². The van der Waals surface area contributed by atoms with Gasteiger partial charge in [0.25, 0.3) is 5.91 Å². The molecule has 1 aliphatic rings. The number of carbonyl (C=O) groups is 1. The molecule has 18 heavy (non-hydrogen) atoms. The van der Waals surface area contributed by atoms with Crippen LogP contribution in [0.1, 0.15) is 10.4 Å². The number of morpholine rings is 1. The van der Waals surface area contributed by atoms with Gasteiger partial charge in [-0.15, -0.1) is 0 Å². The van der Waals surface area contributed by atoms with Gasteiger partial charge >= 0.3 is 0 Å². The second-order valence-corrected chi connectivity index (χ2v) is 4.89. The molecule has 0 aliphatic carbocycles. The van der Waals surface area contributed by atoms with Gasteiger partial charge in [0.2, 0.25) is 0 Å². The number of hydrogen-bond acceptors (Lipinski definition) is 3. The molecule has 6 heteroatoms. The molecule has 1 aliphatic heterocycles. The van der Waals surface area contributed by atoms with E-state index in [9.17, 15) is 9.18 Å². The number of halogens is 2. The fraction of sp³-hybridized carbons (Fsp3) is 0.417. The molecule has 0 spiro atoms. The van der Waals surface area contributed by atoms with Gasteiger partial charge in [-0.25, -0.2) is 4.39 Å². The van der Waals surface area contributed by atoms with Crippen molar-refractivity contribution in [3.8, 4) is 0 Å². The van der Waals surface area contributed by atoms with E-state index in [4.69, 9.17) is 4.74 Å². The van der Waals surface area contributed by atoms with E-state index in [1.54, 1.807) is 12.1 Å². The number of rotatable bonds is 3. The summed E-state index contributed by atoms with van der Waals surface area (Å²) in [6.45, 7) is 2.42. The number of amides is 1. The maximum Gasteiger partial charge on any atom is 0.255 e. The van der Waals surface area contributed by atoms with E-state index >= 15 is 0 Å². The molecule has 2 rings (SSSR count). The lowest BCUT2D eigenvalue weighted by molar-refractivity contribution is 0.0733. The number of hydrogen-bond donors (Lipinski definition) is 2. The van der Waals surface area contributed by atoms with Gasteiger partial charge in [-0.3, -0.25) is 4.79 Å². The van der Waals surface area contributed by atoms with Gasteiger partial charge in [-0.05, 0) is 28.1 Å². The molecule has 1 aromatic rings. The summed E-state index contributed by atoms with van der Waals surface area (Å²) in [7, 11) is 0. The number of carbonyl (C=O) groups excluding carboxylic acids is 1. The molecule has 1 saturated heterocycles. The predicted octanol–water partition coefficient (Wildman–Crippen LogP) is 1.31. The molecular formula is C12H14BrFN2O2. The van der Waals surface area contributed by atoms with Crippen molar-refractivity contribution in [1.29, 1.82) is 0 Å². The number of ether oxygens (including phenoxy) is 1. The summed E-state index contributed by atoms with van der Waals surface area (Å²) in [6, 6.07) is 4.53. The zero-order chi connectivity index (χ0) is 13.0. The summed E-state index contributed by atoms with van der Waals surface area (Å²) >= 11 is 3.17. The van der Waals surface area contributed by atoms with Crippen LogP contribution in [0.5, 0.6) is 0 Å². The van der Waals surface area contributed by atoms with Gasteiger partial charge < -0.3 is 15.4 Å². The summed E-state index contributed by atoms with van der Waals surface area (Å²) in [4.78, 5) is 11.9. The molecule has 1 atom stereocenters. The highest BCUT2D eigenvalue weighted by Crippen LogP contribution is 2.19. The highest BCUT2D eigenvalue weighted by molar-refractivity contribution is 9.10. The number of benzene rings is 1. The first-order valence-electron chi connectivity index (χ1n) is 5.72. The fourth-order valence-corrected chi connectivity index (χ4v) is 2.29. The Bertz CT molecular complexity index is 416. The van der Waals surface area contributed by atoms with E-state index in [1.807, 2.05) is 0 Å². The SMILES string of the molecule is O=C(NCC1COCCN1)c1c(F)cccc1Br. The van der Waals surface area contributed by atoms with Crippen molar-refractivity contribution in [1.82, 2.24) is 10.6 Å². The molecule has 0 bridgehead atoms. The first-order chi connectivity index (χ1) is 8.68. The highest BCUT2D eigenvalue weighted by atomic mass is 79.9. The average molecular weight is 317 g/mol. The highest BCUT2D eigenvalue weighted by Gasteiger charge is 2.18. The summed E-state index contributed by atoms with van der Waals surface area (Å²) in [5.41, 5.74) is 0.0363. The lowest BCUT2D eigenvalue weighted by Crippen LogP contribution is -2.48. The molecule has 1 aromatic carbocycles. The summed E-state index contributed by atoms with van der Waals surface area (Å²) in [5.74, 6) is -0.956. The zero-order valence-electron chi connectivity index (χ0n) is 9.71. The van der Waals surface area contributed by atoms with Crippen LogP contribution in [0.2, 0.25) is 0 Å². The van der Waals surface area contributed by atoms with Crippen molar-refractivity contribution in [3.63, 3.8) is 0 Å². The topological polar surface area (TPSA) is 50.4 Å². The van der Waals surface area contributed by atoms with Crippen LogP contribution in [-0.4, -0.2) is 38.3 Å². The zero-order valence-corrected chi connectivity index (χ0v) is 11.3. The Morgan fingerprint density at radius 1 is 1.61 bits per heavy atom. The first kappa shape index (κ1) is 13.5. The minimum atomic E-state index is -0.533. The maximum atomic E-state index is 13.5. The fourth-order valence-electron chi connectivity index (χ4n) is 1.77. The van der Waals surface area contributed by atoms with E-state index < -0.39 is 11.7 Å². The molecule has 1 amide bonds. The Balaban J connectivity index is 1.95. The van der Waals surface area contributed by atoms with Crippen molar-refractivity contribution >= 4 is 21.8 Å². The van der Waals surface area contributed by atoms with Crippen molar-refractivity contribution in [2.24, 2.45) is 0 Å². The van der Waals surface area contributed by atoms with Crippen LogP contribution >= 0.6 is 15.9 Å². The second-order valence-electron chi connectivity index (χ2n) is 4.03. The lowest BCUT2D eigenvalue weighted by atomic mass is 10.2. The van der Waals surface area contributed by atoms with Gasteiger partial charge in [0.1, 0.15) is 5.82 Å². The molecule has 1 fully saturated rings. The largest absolute Gasteiger partial charge is 0.378 e. The Hall–Kier alpha value is -0.980. The van der Waals surface area contributed by atoms with Crippen LogP contribution in [-0.2, 0) is 4.74 Å². The molecule has 0 radical (unpaired) electrons. The van der Waals surface area contributed by atoms with E-state index in [0.29, 0.717) is 24.2 Å². The summed E-state index contributed by atoms with van der Waals surface area (Å²) in [6.07, 6.45) is 0. The van der Waals surface area contributed by atoms with Gasteiger partial charge in [0.15, 0.2) is 0 Å². The van der Waals surface area contributed by atoms with Gasteiger partial charge in [0, 0.05) is 23.6 Å². The standard InChI is InChI=1S/C12H14BrFN2O2/c13-9-2-1-3-10(14)11(9)12(17)16-6-8-7-18-5-4-15-8/h1-3,8,15H,4-7H2,(H,16,17). The molecule has 4 nitrogen and oxygen atoms in total. The predicted molar refractivity (Wildman–Crippen MR) is 69.0 cm³/mol. The Labute approximate surface area is 113 Å². The third-order valence-corrected chi connectivity index (χ3v) is 3.36. The van der Waals surface area contributed by atoms with E-state index in [1.165, 1.54) is 6.07 Å². The molecule has 0 aromatic heterocycles. The van der Waals surface area contributed by atoms with Crippen LogP contribution in [0.3, 0.4) is 0 Å². The monoisotopic (exact) mass is 316 g/mol. The minimum Gasteiger partial charge on any atom is -0.378 e.